The first-order valence-corrected chi connectivity index (χ1v) is 5.34. The summed E-state index contributed by atoms with van der Waals surface area (Å²) in [7, 11) is -1.85. The topological polar surface area (TPSA) is 104 Å². The van der Waals surface area contributed by atoms with Gasteiger partial charge in [-0.15, -0.1) is 0 Å². The maximum atomic E-state index is 10.8. The molecule has 0 spiro atoms. The van der Waals surface area contributed by atoms with E-state index in [9.17, 15) is 14.2 Å². The molecule has 3 N–H and O–H groups in total. The summed E-state index contributed by atoms with van der Waals surface area (Å²) in [5, 5.41) is 19.1. The highest BCUT2D eigenvalue weighted by atomic mass is 31.1. The predicted molar refractivity (Wildman–Crippen MR) is 49.1 cm³/mol. The van der Waals surface area contributed by atoms with Gasteiger partial charge in [-0.1, -0.05) is 4.57 Å². The fourth-order valence-corrected chi connectivity index (χ4v) is 1.13. The molecule has 1 amide bonds. The molecular formula is C7H11NO5P+. The van der Waals surface area contributed by atoms with Crippen LogP contribution in [0, 0.1) is 0 Å². The van der Waals surface area contributed by atoms with Gasteiger partial charge in [0.15, 0.2) is 6.16 Å². The van der Waals surface area contributed by atoms with Crippen molar-refractivity contribution in [2.75, 3.05) is 12.5 Å². The van der Waals surface area contributed by atoms with Crippen LogP contribution in [0.3, 0.4) is 0 Å². The number of carboxylic acid groups (broad SMARTS) is 1. The van der Waals surface area contributed by atoms with Gasteiger partial charge in [-0.05, 0) is 6.08 Å². The van der Waals surface area contributed by atoms with E-state index in [1.54, 1.807) is 0 Å². The number of aliphatic hydroxyl groups is 1. The van der Waals surface area contributed by atoms with Gasteiger partial charge in [0.05, 0.1) is 0 Å². The van der Waals surface area contributed by atoms with Crippen LogP contribution in [0.4, 0.5) is 0 Å². The Kier molecular flexibility index (Phi) is 5.67. The molecular weight excluding hydrogens is 209 g/mol. The third-order valence-corrected chi connectivity index (χ3v) is 2.10. The summed E-state index contributed by atoms with van der Waals surface area (Å²) >= 11 is 0. The zero-order valence-corrected chi connectivity index (χ0v) is 8.45. The minimum atomic E-state index is -1.85. The van der Waals surface area contributed by atoms with Crippen molar-refractivity contribution in [2.24, 2.45) is 0 Å². The molecule has 0 fully saturated rings. The summed E-state index contributed by atoms with van der Waals surface area (Å²) in [6, 6.07) is 0. The molecule has 0 aromatic carbocycles. The molecule has 1 atom stereocenters. The van der Waals surface area contributed by atoms with Gasteiger partial charge in [0.25, 0.3) is 0 Å². The molecule has 0 rings (SSSR count). The standard InChI is InChI=1S/C7H10NO5P/c1-5(10)8-6(7(11)12)2-3-14(13)4-9/h2,9H,3-4H2,1H3,(H-,8,10,11,12)/p+1/b6-2+. The predicted octanol–water partition coefficient (Wildman–Crippen LogP) is -0.132. The van der Waals surface area contributed by atoms with Crippen LogP contribution < -0.4 is 5.32 Å². The Morgan fingerprint density at radius 1 is 1.50 bits per heavy atom. The Bertz CT molecular complexity index is 286. The lowest BCUT2D eigenvalue weighted by atomic mass is 10.4. The van der Waals surface area contributed by atoms with Crippen LogP contribution in [0.5, 0.6) is 0 Å². The zero-order valence-electron chi connectivity index (χ0n) is 7.56. The van der Waals surface area contributed by atoms with Crippen molar-refractivity contribution in [3.63, 3.8) is 0 Å². The summed E-state index contributed by atoms with van der Waals surface area (Å²) in [5.74, 6) is -1.82. The van der Waals surface area contributed by atoms with E-state index >= 15 is 0 Å². The van der Waals surface area contributed by atoms with Crippen LogP contribution in [0.2, 0.25) is 0 Å². The average molecular weight is 220 g/mol. The smallest absolute Gasteiger partial charge is 0.370 e. The third-order valence-electron chi connectivity index (χ3n) is 1.20. The Morgan fingerprint density at radius 3 is 2.43 bits per heavy atom. The molecule has 78 valence electrons. The van der Waals surface area contributed by atoms with E-state index in [4.69, 9.17) is 10.2 Å². The molecule has 0 aliphatic carbocycles. The van der Waals surface area contributed by atoms with Crippen LogP contribution in [0.1, 0.15) is 6.92 Å². The Labute approximate surface area is 81.4 Å². The number of hydrogen-bond acceptors (Lipinski definition) is 4. The van der Waals surface area contributed by atoms with Crippen molar-refractivity contribution < 1.29 is 24.4 Å². The second kappa shape index (κ2) is 6.23. The van der Waals surface area contributed by atoms with Gasteiger partial charge in [0.2, 0.25) is 12.3 Å². The lowest BCUT2D eigenvalue weighted by molar-refractivity contribution is -0.134. The van der Waals surface area contributed by atoms with Crippen molar-refractivity contribution >= 4 is 19.7 Å². The summed E-state index contributed by atoms with van der Waals surface area (Å²) < 4.78 is 10.8. The van der Waals surface area contributed by atoms with Crippen molar-refractivity contribution in [3.05, 3.63) is 11.8 Å². The van der Waals surface area contributed by atoms with E-state index in [1.807, 2.05) is 0 Å². The van der Waals surface area contributed by atoms with Gasteiger partial charge in [0.1, 0.15) is 5.70 Å². The molecule has 0 radical (unpaired) electrons. The number of hydrogen-bond donors (Lipinski definition) is 3. The van der Waals surface area contributed by atoms with Crippen LogP contribution >= 0.6 is 7.80 Å². The Morgan fingerprint density at radius 2 is 2.07 bits per heavy atom. The van der Waals surface area contributed by atoms with E-state index < -0.39 is 26.0 Å². The summed E-state index contributed by atoms with van der Waals surface area (Å²) in [6.07, 6.45) is 0.533. The molecule has 0 aromatic heterocycles. The summed E-state index contributed by atoms with van der Waals surface area (Å²) in [4.78, 5) is 21.0. The number of carboxylic acids is 1. The Balaban J connectivity index is 4.41. The van der Waals surface area contributed by atoms with E-state index in [1.165, 1.54) is 6.92 Å². The normalized spacial score (nSPS) is 12.1. The highest BCUT2D eigenvalue weighted by molar-refractivity contribution is 7.44. The molecule has 0 saturated heterocycles. The van der Waals surface area contributed by atoms with Crippen LogP contribution in [-0.2, 0) is 14.2 Å². The number of carbonyl (C=O) groups excluding carboxylic acids is 1. The summed E-state index contributed by atoms with van der Waals surface area (Å²) in [6.45, 7) is 1.17. The minimum absolute atomic E-state index is 0.0756. The molecule has 0 bridgehead atoms. The first-order chi connectivity index (χ1) is 6.47. The number of nitrogens with one attached hydrogen (secondary N) is 1. The average Bonchev–Trinajstić information content (AvgIpc) is 2.10. The van der Waals surface area contributed by atoms with Crippen molar-refractivity contribution in [2.45, 2.75) is 6.92 Å². The fourth-order valence-electron chi connectivity index (χ4n) is 0.632. The molecule has 0 heterocycles. The van der Waals surface area contributed by atoms with Crippen LogP contribution in [0.25, 0.3) is 0 Å². The Hall–Kier alpha value is -1.26. The minimum Gasteiger partial charge on any atom is -0.477 e. The van der Waals surface area contributed by atoms with Crippen molar-refractivity contribution in [1.82, 2.24) is 5.32 Å². The maximum Gasteiger partial charge on any atom is 0.370 e. The molecule has 0 aliphatic rings. The molecule has 6 nitrogen and oxygen atoms in total. The van der Waals surface area contributed by atoms with Crippen LogP contribution in [0.15, 0.2) is 11.8 Å². The lowest BCUT2D eigenvalue weighted by Gasteiger charge is -1.99. The van der Waals surface area contributed by atoms with Crippen molar-refractivity contribution in [1.29, 1.82) is 0 Å². The number of amides is 1. The molecule has 7 heteroatoms. The molecule has 0 saturated carbocycles. The second-order valence-corrected chi connectivity index (χ2v) is 4.02. The molecule has 14 heavy (non-hydrogen) atoms. The van der Waals surface area contributed by atoms with E-state index in [-0.39, 0.29) is 11.9 Å². The van der Waals surface area contributed by atoms with Gasteiger partial charge in [-0.25, -0.2) is 4.79 Å². The number of aliphatic hydroxyl groups excluding tert-OH is 1. The van der Waals surface area contributed by atoms with Gasteiger partial charge in [-0.3, -0.25) is 4.79 Å². The van der Waals surface area contributed by atoms with Crippen molar-refractivity contribution in [3.8, 4) is 0 Å². The summed E-state index contributed by atoms with van der Waals surface area (Å²) in [5.41, 5.74) is -0.325. The van der Waals surface area contributed by atoms with Gasteiger partial charge < -0.3 is 15.5 Å². The quantitative estimate of drug-likeness (QED) is 0.442. The maximum absolute atomic E-state index is 10.8. The number of aliphatic carboxylic acids is 1. The highest BCUT2D eigenvalue weighted by Gasteiger charge is 2.14. The van der Waals surface area contributed by atoms with E-state index in [0.717, 1.165) is 6.08 Å². The number of allylic oxidation sites excluding steroid dienone is 1. The number of rotatable bonds is 5. The molecule has 0 aliphatic heterocycles. The zero-order chi connectivity index (χ0) is 11.1. The molecule has 1 unspecified atom stereocenters. The first kappa shape index (κ1) is 12.7. The van der Waals surface area contributed by atoms with Gasteiger partial charge in [0, 0.05) is 6.92 Å². The largest absolute Gasteiger partial charge is 0.477 e. The highest BCUT2D eigenvalue weighted by Crippen LogP contribution is 2.17. The van der Waals surface area contributed by atoms with E-state index in [0.29, 0.717) is 0 Å². The van der Waals surface area contributed by atoms with Gasteiger partial charge >= 0.3 is 13.8 Å². The monoisotopic (exact) mass is 220 g/mol. The molecule has 0 aromatic rings. The lowest BCUT2D eigenvalue weighted by Crippen LogP contribution is -2.24. The van der Waals surface area contributed by atoms with E-state index in [2.05, 4.69) is 5.32 Å². The third kappa shape index (κ3) is 5.40. The SMILES string of the molecule is CC(=O)N/C(=C/C[P+](=O)CO)C(=O)O. The number of carbonyl (C=O) groups is 2. The second-order valence-electron chi connectivity index (χ2n) is 2.41. The fraction of sp³-hybridized carbons (Fsp3) is 0.429. The van der Waals surface area contributed by atoms with Crippen LogP contribution in [-0.4, -0.2) is 34.6 Å². The first-order valence-electron chi connectivity index (χ1n) is 3.71. The van der Waals surface area contributed by atoms with Gasteiger partial charge in [-0.2, -0.15) is 0 Å².